The molecule has 0 radical (unpaired) electrons. The maximum Gasteiger partial charge on any atom is 0.435 e. The average molecular weight is 575 g/mol. The SMILES string of the molecule is CC(=N)c1cccc(-n2nc(C(F)(F)F)cc2C(=O)Nc2cc(C(NCC3CC3)c3cccc(C#N)c3)ccc2F)c1. The Morgan fingerprint density at radius 1 is 1.10 bits per heavy atom. The summed E-state index contributed by atoms with van der Waals surface area (Å²) in [5, 5.41) is 26.7. The Hall–Kier alpha value is -4.82. The van der Waals surface area contributed by atoms with Crippen LogP contribution in [0.4, 0.5) is 23.2 Å². The van der Waals surface area contributed by atoms with Crippen LogP contribution < -0.4 is 10.6 Å². The Morgan fingerprint density at radius 3 is 2.52 bits per heavy atom. The minimum absolute atomic E-state index is 0.135. The molecule has 0 spiro atoms. The smallest absolute Gasteiger partial charge is 0.318 e. The summed E-state index contributed by atoms with van der Waals surface area (Å²) >= 11 is 0. The van der Waals surface area contributed by atoms with Gasteiger partial charge in [-0.25, -0.2) is 9.07 Å². The van der Waals surface area contributed by atoms with Crippen LogP contribution in [0.5, 0.6) is 0 Å². The van der Waals surface area contributed by atoms with Crippen LogP contribution in [0, 0.1) is 28.5 Å². The van der Waals surface area contributed by atoms with Gasteiger partial charge in [-0.15, -0.1) is 0 Å². The van der Waals surface area contributed by atoms with E-state index in [2.05, 4.69) is 21.8 Å². The molecular weight excluding hydrogens is 548 g/mol. The molecule has 1 heterocycles. The van der Waals surface area contributed by atoms with E-state index in [1.165, 1.54) is 31.2 Å². The van der Waals surface area contributed by atoms with E-state index < -0.39 is 35.3 Å². The van der Waals surface area contributed by atoms with Crippen molar-refractivity contribution in [2.45, 2.75) is 32.0 Å². The number of nitrogens with one attached hydrogen (secondary N) is 3. The summed E-state index contributed by atoms with van der Waals surface area (Å²) in [6, 6.07) is 19.5. The Morgan fingerprint density at radius 2 is 1.83 bits per heavy atom. The zero-order valence-electron chi connectivity index (χ0n) is 22.5. The highest BCUT2D eigenvalue weighted by Gasteiger charge is 2.36. The summed E-state index contributed by atoms with van der Waals surface area (Å²) in [6.45, 7) is 2.23. The molecule has 214 valence electrons. The van der Waals surface area contributed by atoms with Crippen LogP contribution in [0.2, 0.25) is 0 Å². The van der Waals surface area contributed by atoms with E-state index in [9.17, 15) is 23.2 Å². The number of alkyl halides is 3. The monoisotopic (exact) mass is 574 g/mol. The number of nitriles is 1. The van der Waals surface area contributed by atoms with Crippen LogP contribution in [0.15, 0.2) is 72.8 Å². The molecule has 0 aliphatic heterocycles. The third-order valence-corrected chi connectivity index (χ3v) is 6.98. The number of halogens is 4. The van der Waals surface area contributed by atoms with Gasteiger partial charge >= 0.3 is 6.18 Å². The first-order valence-electron chi connectivity index (χ1n) is 13.2. The van der Waals surface area contributed by atoms with Gasteiger partial charge in [-0.2, -0.15) is 23.5 Å². The minimum atomic E-state index is -4.83. The van der Waals surface area contributed by atoms with E-state index in [1.807, 2.05) is 6.07 Å². The second-order valence-corrected chi connectivity index (χ2v) is 10.2. The summed E-state index contributed by atoms with van der Waals surface area (Å²) in [4.78, 5) is 13.4. The molecule has 0 saturated heterocycles. The number of hydrogen-bond donors (Lipinski definition) is 3. The fourth-order valence-electron chi connectivity index (χ4n) is 4.58. The van der Waals surface area contributed by atoms with Crippen molar-refractivity contribution in [2.75, 3.05) is 11.9 Å². The summed E-state index contributed by atoms with van der Waals surface area (Å²) < 4.78 is 56.7. The first-order chi connectivity index (χ1) is 20.0. The molecule has 1 aliphatic rings. The zero-order valence-corrected chi connectivity index (χ0v) is 22.5. The molecule has 5 rings (SSSR count). The van der Waals surface area contributed by atoms with Crippen molar-refractivity contribution in [3.8, 4) is 11.8 Å². The fourth-order valence-corrected chi connectivity index (χ4v) is 4.58. The van der Waals surface area contributed by atoms with E-state index in [4.69, 9.17) is 5.41 Å². The Bertz CT molecular complexity index is 1700. The third kappa shape index (κ3) is 6.39. The molecule has 1 fully saturated rings. The largest absolute Gasteiger partial charge is 0.435 e. The minimum Gasteiger partial charge on any atom is -0.318 e. The number of aromatic nitrogens is 2. The van der Waals surface area contributed by atoms with E-state index >= 15 is 4.39 Å². The summed E-state index contributed by atoms with van der Waals surface area (Å²) in [5.41, 5.74) is 0.596. The Kier molecular flexibility index (Phi) is 7.91. The molecule has 1 saturated carbocycles. The van der Waals surface area contributed by atoms with Gasteiger partial charge in [0.25, 0.3) is 5.91 Å². The molecule has 0 bridgehead atoms. The van der Waals surface area contributed by atoms with Gasteiger partial charge < -0.3 is 16.0 Å². The van der Waals surface area contributed by atoms with Crippen LogP contribution in [0.3, 0.4) is 0 Å². The first kappa shape index (κ1) is 28.7. The topological polar surface area (TPSA) is 107 Å². The van der Waals surface area contributed by atoms with E-state index in [0.717, 1.165) is 23.1 Å². The van der Waals surface area contributed by atoms with Crippen molar-refractivity contribution in [3.63, 3.8) is 0 Å². The number of nitrogens with zero attached hydrogens (tertiary/aromatic N) is 3. The van der Waals surface area contributed by atoms with Gasteiger partial charge in [0.2, 0.25) is 0 Å². The molecule has 4 aromatic rings. The number of carbonyl (C=O) groups is 1. The molecule has 1 aliphatic carbocycles. The normalized spacial score (nSPS) is 13.8. The molecule has 1 atom stereocenters. The highest BCUT2D eigenvalue weighted by molar-refractivity contribution is 6.04. The van der Waals surface area contributed by atoms with Gasteiger partial charge in [0.05, 0.1) is 29.0 Å². The first-order valence-corrected chi connectivity index (χ1v) is 13.2. The highest BCUT2D eigenvalue weighted by Crippen LogP contribution is 2.33. The number of amides is 1. The number of benzene rings is 3. The van der Waals surface area contributed by atoms with Gasteiger partial charge in [-0.3, -0.25) is 4.79 Å². The van der Waals surface area contributed by atoms with Crippen LogP contribution in [0.1, 0.15) is 64.2 Å². The quantitative estimate of drug-likeness (QED) is 0.154. The van der Waals surface area contributed by atoms with Crippen LogP contribution in [-0.2, 0) is 6.18 Å². The molecule has 3 aromatic carbocycles. The molecule has 1 amide bonds. The van der Waals surface area contributed by atoms with Crippen LogP contribution >= 0.6 is 0 Å². The molecule has 42 heavy (non-hydrogen) atoms. The van der Waals surface area contributed by atoms with Crippen molar-refractivity contribution in [1.82, 2.24) is 15.1 Å². The lowest BCUT2D eigenvalue weighted by Crippen LogP contribution is -2.25. The standard InChI is InChI=1S/C31H26F4N6O/c1-18(37)21-5-3-7-24(13-21)41-27(15-28(40-41)31(33,34)35)30(42)39-26-14-23(10-11-25(26)32)29(38-17-19-8-9-19)22-6-2-4-20(12-22)16-36/h2-7,10-15,19,29,37-38H,8-9,17H2,1H3,(H,39,42). The molecule has 1 aromatic heterocycles. The lowest BCUT2D eigenvalue weighted by Gasteiger charge is -2.21. The van der Waals surface area contributed by atoms with Crippen molar-refractivity contribution in [1.29, 1.82) is 10.7 Å². The number of rotatable bonds is 9. The second kappa shape index (κ2) is 11.6. The average Bonchev–Trinajstić information content (AvgIpc) is 3.68. The van der Waals surface area contributed by atoms with Gasteiger partial charge in [0, 0.05) is 11.8 Å². The van der Waals surface area contributed by atoms with E-state index in [0.29, 0.717) is 35.2 Å². The maximum absolute atomic E-state index is 15.0. The lowest BCUT2D eigenvalue weighted by molar-refractivity contribution is -0.141. The summed E-state index contributed by atoms with van der Waals surface area (Å²) in [7, 11) is 0. The lowest BCUT2D eigenvalue weighted by atomic mass is 9.96. The summed E-state index contributed by atoms with van der Waals surface area (Å²) in [6.07, 6.45) is -2.64. The van der Waals surface area contributed by atoms with Gasteiger partial charge in [-0.1, -0.05) is 30.3 Å². The van der Waals surface area contributed by atoms with Crippen molar-refractivity contribution < 1.29 is 22.4 Å². The Labute approximate surface area is 239 Å². The highest BCUT2D eigenvalue weighted by atomic mass is 19.4. The number of carbonyl (C=O) groups excluding carboxylic acids is 1. The summed E-state index contributed by atoms with van der Waals surface area (Å²) in [5.74, 6) is -1.26. The number of anilines is 1. The van der Waals surface area contributed by atoms with Crippen molar-refractivity contribution >= 4 is 17.3 Å². The number of hydrogen-bond acceptors (Lipinski definition) is 5. The molecule has 7 nitrogen and oxygen atoms in total. The molecule has 1 unspecified atom stereocenters. The van der Waals surface area contributed by atoms with E-state index in [1.54, 1.807) is 36.4 Å². The fraction of sp³-hybridized carbons (Fsp3) is 0.226. The second-order valence-electron chi connectivity index (χ2n) is 10.2. The van der Waals surface area contributed by atoms with Gasteiger partial charge in [0.1, 0.15) is 11.5 Å². The van der Waals surface area contributed by atoms with Crippen molar-refractivity contribution in [3.05, 3.63) is 112 Å². The van der Waals surface area contributed by atoms with Gasteiger partial charge in [-0.05, 0) is 85.3 Å². The molecule has 3 N–H and O–H groups in total. The Balaban J connectivity index is 1.50. The molecule has 11 heteroatoms. The van der Waals surface area contributed by atoms with Crippen LogP contribution in [-0.4, -0.2) is 27.9 Å². The predicted molar refractivity (Wildman–Crippen MR) is 149 cm³/mol. The predicted octanol–water partition coefficient (Wildman–Crippen LogP) is 6.63. The van der Waals surface area contributed by atoms with Crippen LogP contribution in [0.25, 0.3) is 5.69 Å². The zero-order chi connectivity index (χ0) is 30.0. The maximum atomic E-state index is 15.0. The third-order valence-electron chi connectivity index (χ3n) is 6.98. The van der Waals surface area contributed by atoms with Crippen molar-refractivity contribution in [2.24, 2.45) is 5.92 Å². The van der Waals surface area contributed by atoms with Gasteiger partial charge in [0.15, 0.2) is 5.69 Å². The van der Waals surface area contributed by atoms with E-state index in [-0.39, 0.29) is 17.1 Å². The molecular formula is C31H26F4N6O.